The zero-order chi connectivity index (χ0) is 13.2. The third kappa shape index (κ3) is 3.37. The van der Waals surface area contributed by atoms with Crippen molar-refractivity contribution in [1.29, 1.82) is 0 Å². The summed E-state index contributed by atoms with van der Waals surface area (Å²) in [5, 5.41) is 7.57. The van der Waals surface area contributed by atoms with E-state index in [-0.39, 0.29) is 5.54 Å². The number of nitrogens with one attached hydrogen (secondary N) is 1. The minimum atomic E-state index is 0.110. The van der Waals surface area contributed by atoms with Crippen LogP contribution < -0.4 is 5.32 Å². The van der Waals surface area contributed by atoms with Gasteiger partial charge in [0.15, 0.2) is 5.82 Å². The van der Waals surface area contributed by atoms with Gasteiger partial charge in [0.2, 0.25) is 0 Å². The van der Waals surface area contributed by atoms with Gasteiger partial charge in [0, 0.05) is 40.5 Å². The average Bonchev–Trinajstić information content (AvgIpc) is 2.79. The smallest absolute Gasteiger partial charge is 0.160 e. The van der Waals surface area contributed by atoms with Crippen molar-refractivity contribution in [1.82, 2.24) is 15.3 Å². The van der Waals surface area contributed by atoms with Crippen LogP contribution in [-0.2, 0) is 6.54 Å². The van der Waals surface area contributed by atoms with E-state index in [1.165, 1.54) is 0 Å². The fourth-order valence-corrected chi connectivity index (χ4v) is 2.19. The Bertz CT molecular complexity index is 512. The Morgan fingerprint density at radius 3 is 2.67 bits per heavy atom. The highest BCUT2D eigenvalue weighted by Gasteiger charge is 2.11. The van der Waals surface area contributed by atoms with E-state index in [0.717, 1.165) is 29.2 Å². The van der Waals surface area contributed by atoms with Crippen LogP contribution in [0, 0.1) is 6.92 Å². The largest absolute Gasteiger partial charge is 0.308 e. The molecular weight excluding hydrogens is 242 g/mol. The SMILES string of the molecule is Cc1nc(-c2ccsc2)ncc1CNC(C)(C)C. The van der Waals surface area contributed by atoms with Gasteiger partial charge < -0.3 is 5.32 Å². The lowest BCUT2D eigenvalue weighted by Crippen LogP contribution is -2.35. The standard InChI is InChI=1S/C14H19N3S/c1-10-12(8-16-14(2,3)4)7-15-13(17-10)11-5-6-18-9-11/h5-7,9,16H,8H2,1-4H3. The average molecular weight is 261 g/mol. The molecule has 0 spiro atoms. The zero-order valence-corrected chi connectivity index (χ0v) is 12.1. The van der Waals surface area contributed by atoms with Gasteiger partial charge >= 0.3 is 0 Å². The van der Waals surface area contributed by atoms with Gasteiger partial charge in [-0.3, -0.25) is 0 Å². The van der Waals surface area contributed by atoms with E-state index in [9.17, 15) is 0 Å². The van der Waals surface area contributed by atoms with Crippen molar-refractivity contribution >= 4 is 11.3 Å². The van der Waals surface area contributed by atoms with Crippen LogP contribution in [0.25, 0.3) is 11.4 Å². The van der Waals surface area contributed by atoms with Gasteiger partial charge in [0.25, 0.3) is 0 Å². The maximum atomic E-state index is 4.57. The molecule has 0 aliphatic rings. The van der Waals surface area contributed by atoms with Crippen LogP contribution in [0.5, 0.6) is 0 Å². The molecule has 0 saturated carbocycles. The molecule has 0 saturated heterocycles. The molecule has 2 aromatic heterocycles. The molecule has 2 aromatic rings. The van der Waals surface area contributed by atoms with Crippen molar-refractivity contribution in [3.8, 4) is 11.4 Å². The van der Waals surface area contributed by atoms with Crippen molar-refractivity contribution in [3.63, 3.8) is 0 Å². The Hall–Kier alpha value is -1.26. The minimum Gasteiger partial charge on any atom is -0.308 e. The third-order valence-electron chi connectivity index (χ3n) is 2.67. The summed E-state index contributed by atoms with van der Waals surface area (Å²) < 4.78 is 0. The maximum Gasteiger partial charge on any atom is 0.160 e. The summed E-state index contributed by atoms with van der Waals surface area (Å²) in [6, 6.07) is 2.05. The van der Waals surface area contributed by atoms with Crippen LogP contribution in [0.3, 0.4) is 0 Å². The Labute approximate surface area is 112 Å². The predicted octanol–water partition coefficient (Wildman–Crippen LogP) is 3.40. The molecular formula is C14H19N3S. The lowest BCUT2D eigenvalue weighted by atomic mass is 10.1. The third-order valence-corrected chi connectivity index (χ3v) is 3.35. The highest BCUT2D eigenvalue weighted by atomic mass is 32.1. The van der Waals surface area contributed by atoms with Crippen molar-refractivity contribution in [3.05, 3.63) is 34.3 Å². The van der Waals surface area contributed by atoms with Crippen molar-refractivity contribution in [2.75, 3.05) is 0 Å². The second kappa shape index (κ2) is 5.16. The molecule has 0 aliphatic heterocycles. The van der Waals surface area contributed by atoms with Gasteiger partial charge in [-0.15, -0.1) is 0 Å². The van der Waals surface area contributed by atoms with Gasteiger partial charge in [-0.05, 0) is 39.1 Å². The normalized spacial score (nSPS) is 11.8. The summed E-state index contributed by atoms with van der Waals surface area (Å²) in [5.41, 5.74) is 3.41. The van der Waals surface area contributed by atoms with Crippen molar-refractivity contribution in [2.24, 2.45) is 0 Å². The number of hydrogen-bond donors (Lipinski definition) is 1. The van der Waals surface area contributed by atoms with Gasteiger partial charge in [0.05, 0.1) is 0 Å². The topological polar surface area (TPSA) is 37.8 Å². The number of aryl methyl sites for hydroxylation is 1. The van der Waals surface area contributed by atoms with E-state index >= 15 is 0 Å². The van der Waals surface area contributed by atoms with E-state index in [1.54, 1.807) is 11.3 Å². The van der Waals surface area contributed by atoms with Gasteiger partial charge in [-0.2, -0.15) is 11.3 Å². The zero-order valence-electron chi connectivity index (χ0n) is 11.3. The number of aromatic nitrogens is 2. The van der Waals surface area contributed by atoms with Crippen LogP contribution in [0.1, 0.15) is 32.0 Å². The first kappa shape index (κ1) is 13.2. The number of nitrogens with zero attached hydrogens (tertiary/aromatic N) is 2. The fourth-order valence-electron chi connectivity index (χ4n) is 1.56. The van der Waals surface area contributed by atoms with Crippen LogP contribution in [-0.4, -0.2) is 15.5 Å². The second-order valence-electron chi connectivity index (χ2n) is 5.42. The lowest BCUT2D eigenvalue weighted by Gasteiger charge is -2.21. The van der Waals surface area contributed by atoms with Gasteiger partial charge in [-0.1, -0.05) is 0 Å². The molecule has 0 bridgehead atoms. The van der Waals surface area contributed by atoms with Crippen molar-refractivity contribution in [2.45, 2.75) is 39.8 Å². The molecule has 0 amide bonds. The number of thiophene rings is 1. The summed E-state index contributed by atoms with van der Waals surface area (Å²) >= 11 is 1.67. The number of rotatable bonds is 3. The van der Waals surface area contributed by atoms with Gasteiger partial charge in [0.1, 0.15) is 0 Å². The summed E-state index contributed by atoms with van der Waals surface area (Å²) in [6.45, 7) is 9.31. The molecule has 4 heteroatoms. The summed E-state index contributed by atoms with van der Waals surface area (Å²) in [7, 11) is 0. The minimum absolute atomic E-state index is 0.110. The maximum absolute atomic E-state index is 4.57. The Morgan fingerprint density at radius 2 is 2.11 bits per heavy atom. The van der Waals surface area contributed by atoms with E-state index in [0.29, 0.717) is 0 Å². The quantitative estimate of drug-likeness (QED) is 0.920. The second-order valence-corrected chi connectivity index (χ2v) is 6.20. The van der Waals surface area contributed by atoms with Gasteiger partial charge in [-0.25, -0.2) is 9.97 Å². The molecule has 0 fully saturated rings. The van der Waals surface area contributed by atoms with E-state index in [2.05, 4.69) is 41.4 Å². The van der Waals surface area contributed by atoms with E-state index < -0.39 is 0 Å². The molecule has 2 heterocycles. The van der Waals surface area contributed by atoms with Crippen LogP contribution in [0.2, 0.25) is 0 Å². The van der Waals surface area contributed by atoms with E-state index in [4.69, 9.17) is 0 Å². The molecule has 0 radical (unpaired) electrons. The molecule has 0 unspecified atom stereocenters. The first-order chi connectivity index (χ1) is 8.46. The summed E-state index contributed by atoms with van der Waals surface area (Å²) in [6.07, 6.45) is 1.92. The monoisotopic (exact) mass is 261 g/mol. The molecule has 0 aromatic carbocycles. The molecule has 96 valence electrons. The number of hydrogen-bond acceptors (Lipinski definition) is 4. The first-order valence-corrected chi connectivity index (χ1v) is 7.00. The molecule has 0 aliphatic carbocycles. The predicted molar refractivity (Wildman–Crippen MR) is 76.7 cm³/mol. The fraction of sp³-hybridized carbons (Fsp3) is 0.429. The summed E-state index contributed by atoms with van der Waals surface area (Å²) in [5.74, 6) is 0.813. The first-order valence-electron chi connectivity index (χ1n) is 6.06. The highest BCUT2D eigenvalue weighted by molar-refractivity contribution is 7.08. The van der Waals surface area contributed by atoms with Crippen LogP contribution in [0.15, 0.2) is 23.0 Å². The van der Waals surface area contributed by atoms with Crippen LogP contribution in [0.4, 0.5) is 0 Å². The molecule has 2 rings (SSSR count). The van der Waals surface area contributed by atoms with Crippen LogP contribution >= 0.6 is 11.3 Å². The van der Waals surface area contributed by atoms with E-state index in [1.807, 2.05) is 24.6 Å². The highest BCUT2D eigenvalue weighted by Crippen LogP contribution is 2.19. The Kier molecular flexibility index (Phi) is 3.78. The van der Waals surface area contributed by atoms with Crippen molar-refractivity contribution < 1.29 is 0 Å². The Balaban J connectivity index is 2.16. The summed E-state index contributed by atoms with van der Waals surface area (Å²) in [4.78, 5) is 9.01. The lowest BCUT2D eigenvalue weighted by molar-refractivity contribution is 0.423. The molecule has 1 N–H and O–H groups in total. The molecule has 3 nitrogen and oxygen atoms in total. The Morgan fingerprint density at radius 1 is 1.33 bits per heavy atom. The molecule has 18 heavy (non-hydrogen) atoms. The molecule has 0 atom stereocenters.